The molecule has 2 aromatic carbocycles. The number of methoxy groups -OCH3 is 1. The van der Waals surface area contributed by atoms with Crippen LogP contribution in [-0.4, -0.2) is 43.5 Å². The van der Waals surface area contributed by atoms with Gasteiger partial charge in [-0.1, -0.05) is 29.3 Å². The Kier molecular flexibility index (Phi) is 9.27. The molecule has 0 bridgehead atoms. The summed E-state index contributed by atoms with van der Waals surface area (Å²) in [5.41, 5.74) is 0.611. The third kappa shape index (κ3) is 6.54. The molecular formula is C22H26Cl2N2O4. The number of likely N-dealkylation sites (N-methyl/N-ethyl adjacent to an activating group) is 1. The van der Waals surface area contributed by atoms with Gasteiger partial charge in [0.1, 0.15) is 17.5 Å². The maximum Gasteiger partial charge on any atom is 0.242 e. The average Bonchev–Trinajstić information content (AvgIpc) is 2.75. The highest BCUT2D eigenvalue weighted by molar-refractivity contribution is 6.36. The number of rotatable bonds is 10. The Morgan fingerprint density at radius 3 is 2.23 bits per heavy atom. The summed E-state index contributed by atoms with van der Waals surface area (Å²) in [6.45, 7) is 2.19. The highest BCUT2D eigenvalue weighted by Crippen LogP contribution is 2.27. The van der Waals surface area contributed by atoms with Gasteiger partial charge in [-0.25, -0.2) is 0 Å². The lowest BCUT2D eigenvalue weighted by molar-refractivity contribution is -0.140. The Morgan fingerprint density at radius 2 is 1.67 bits per heavy atom. The van der Waals surface area contributed by atoms with E-state index < -0.39 is 6.04 Å². The number of benzene rings is 2. The lowest BCUT2D eigenvalue weighted by Gasteiger charge is -2.29. The molecule has 0 saturated heterocycles. The number of amides is 2. The lowest BCUT2D eigenvalue weighted by atomic mass is 10.1. The second-order valence-corrected chi connectivity index (χ2v) is 7.45. The van der Waals surface area contributed by atoms with Crippen molar-refractivity contribution in [3.8, 4) is 11.5 Å². The molecule has 0 saturated carbocycles. The van der Waals surface area contributed by atoms with E-state index in [9.17, 15) is 9.59 Å². The van der Waals surface area contributed by atoms with E-state index in [1.807, 2.05) is 0 Å². The van der Waals surface area contributed by atoms with Gasteiger partial charge in [0.2, 0.25) is 11.8 Å². The van der Waals surface area contributed by atoms with Crippen molar-refractivity contribution in [2.45, 2.75) is 32.4 Å². The molecule has 0 aliphatic heterocycles. The summed E-state index contributed by atoms with van der Waals surface area (Å²) in [4.78, 5) is 26.6. The minimum atomic E-state index is -0.669. The minimum Gasteiger partial charge on any atom is -0.497 e. The Balaban J connectivity index is 2.00. The van der Waals surface area contributed by atoms with E-state index in [1.165, 1.54) is 11.9 Å². The number of ether oxygens (including phenoxy) is 2. The van der Waals surface area contributed by atoms with Crippen molar-refractivity contribution in [2.75, 3.05) is 20.8 Å². The highest BCUT2D eigenvalue weighted by Gasteiger charge is 2.26. The van der Waals surface area contributed by atoms with Crippen molar-refractivity contribution in [2.24, 2.45) is 0 Å². The third-order valence-corrected chi connectivity index (χ3v) is 5.38. The fraction of sp³-hybridized carbons (Fsp3) is 0.364. The Hall–Kier alpha value is -2.44. The van der Waals surface area contributed by atoms with Crippen LogP contribution in [0.5, 0.6) is 11.5 Å². The van der Waals surface area contributed by atoms with E-state index in [2.05, 4.69) is 5.32 Å². The standard InChI is InChI=1S/C22H26Cl2N2O4/c1-15(22(28)25-2)26(14-18-19(23)6-4-7-20(18)24)21(27)8-5-13-30-17-11-9-16(29-3)10-12-17/h4,6-7,9-12,15H,5,8,13-14H2,1-3H3,(H,25,28). The zero-order valence-electron chi connectivity index (χ0n) is 17.3. The molecule has 0 radical (unpaired) electrons. The first-order valence-corrected chi connectivity index (χ1v) is 10.3. The lowest BCUT2D eigenvalue weighted by Crippen LogP contribution is -2.46. The number of nitrogens with zero attached hydrogens (tertiary/aromatic N) is 1. The molecule has 6 nitrogen and oxygen atoms in total. The molecule has 0 aliphatic rings. The predicted octanol–water partition coefficient (Wildman–Crippen LogP) is 4.32. The molecule has 2 amide bonds. The maximum atomic E-state index is 12.9. The van der Waals surface area contributed by atoms with Crippen molar-refractivity contribution in [1.82, 2.24) is 10.2 Å². The SMILES string of the molecule is CNC(=O)C(C)N(Cc1c(Cl)cccc1Cl)C(=O)CCCOc1ccc(OC)cc1. The van der Waals surface area contributed by atoms with Crippen LogP contribution in [-0.2, 0) is 16.1 Å². The third-order valence-electron chi connectivity index (χ3n) is 4.67. The van der Waals surface area contributed by atoms with Gasteiger partial charge in [0.15, 0.2) is 0 Å². The summed E-state index contributed by atoms with van der Waals surface area (Å²) >= 11 is 12.5. The van der Waals surface area contributed by atoms with Crippen molar-refractivity contribution in [3.63, 3.8) is 0 Å². The molecule has 162 valence electrons. The van der Waals surface area contributed by atoms with E-state index >= 15 is 0 Å². The van der Waals surface area contributed by atoms with Crippen LogP contribution < -0.4 is 14.8 Å². The van der Waals surface area contributed by atoms with E-state index in [4.69, 9.17) is 32.7 Å². The van der Waals surface area contributed by atoms with Gasteiger partial charge in [-0.3, -0.25) is 9.59 Å². The fourth-order valence-electron chi connectivity index (χ4n) is 2.87. The molecule has 1 atom stereocenters. The van der Waals surface area contributed by atoms with Crippen LogP contribution in [0.1, 0.15) is 25.3 Å². The molecular weight excluding hydrogens is 427 g/mol. The van der Waals surface area contributed by atoms with Crippen LogP contribution in [0.2, 0.25) is 10.0 Å². The Labute approximate surface area is 187 Å². The number of carbonyl (C=O) groups is 2. The fourth-order valence-corrected chi connectivity index (χ4v) is 3.39. The van der Waals surface area contributed by atoms with Gasteiger partial charge in [0, 0.05) is 35.6 Å². The van der Waals surface area contributed by atoms with E-state index in [1.54, 1.807) is 56.5 Å². The first kappa shape index (κ1) is 23.8. The summed E-state index contributed by atoms with van der Waals surface area (Å²) in [6.07, 6.45) is 0.720. The summed E-state index contributed by atoms with van der Waals surface area (Å²) in [5.74, 6) is 0.998. The molecule has 30 heavy (non-hydrogen) atoms. The van der Waals surface area contributed by atoms with Gasteiger partial charge in [-0.15, -0.1) is 0 Å². The first-order valence-electron chi connectivity index (χ1n) is 9.58. The summed E-state index contributed by atoms with van der Waals surface area (Å²) in [5, 5.41) is 3.48. The quantitative estimate of drug-likeness (QED) is 0.544. The number of nitrogens with one attached hydrogen (secondary N) is 1. The topological polar surface area (TPSA) is 67.9 Å². The second-order valence-electron chi connectivity index (χ2n) is 6.64. The molecule has 0 aliphatic carbocycles. The molecule has 2 aromatic rings. The maximum absolute atomic E-state index is 12.9. The van der Waals surface area contributed by atoms with Crippen molar-refractivity contribution in [3.05, 3.63) is 58.1 Å². The van der Waals surface area contributed by atoms with Crippen LogP contribution in [0.15, 0.2) is 42.5 Å². The van der Waals surface area contributed by atoms with Gasteiger partial charge in [0.25, 0.3) is 0 Å². The summed E-state index contributed by atoms with van der Waals surface area (Å²) < 4.78 is 10.8. The van der Waals surface area contributed by atoms with Crippen LogP contribution in [0.4, 0.5) is 0 Å². The zero-order valence-corrected chi connectivity index (χ0v) is 18.8. The van der Waals surface area contributed by atoms with Gasteiger partial charge in [-0.2, -0.15) is 0 Å². The van der Waals surface area contributed by atoms with Crippen molar-refractivity contribution < 1.29 is 19.1 Å². The molecule has 0 aromatic heterocycles. The van der Waals surface area contributed by atoms with E-state index in [0.717, 1.165) is 5.75 Å². The first-order chi connectivity index (χ1) is 14.4. The zero-order chi connectivity index (χ0) is 22.1. The monoisotopic (exact) mass is 452 g/mol. The number of halogens is 2. The van der Waals surface area contributed by atoms with Crippen LogP contribution >= 0.6 is 23.2 Å². The predicted molar refractivity (Wildman–Crippen MR) is 118 cm³/mol. The molecule has 1 unspecified atom stereocenters. The average molecular weight is 453 g/mol. The second kappa shape index (κ2) is 11.7. The Morgan fingerprint density at radius 1 is 1.07 bits per heavy atom. The normalized spacial score (nSPS) is 11.5. The van der Waals surface area contributed by atoms with E-state index in [-0.39, 0.29) is 24.8 Å². The van der Waals surface area contributed by atoms with Crippen molar-refractivity contribution in [1.29, 1.82) is 0 Å². The van der Waals surface area contributed by atoms with Gasteiger partial charge in [-0.05, 0) is 49.7 Å². The number of hydrogen-bond donors (Lipinski definition) is 1. The van der Waals surface area contributed by atoms with Crippen LogP contribution in [0, 0.1) is 0 Å². The summed E-state index contributed by atoms with van der Waals surface area (Å²) in [6, 6.07) is 11.7. The van der Waals surface area contributed by atoms with Crippen molar-refractivity contribution >= 4 is 35.0 Å². The number of carbonyl (C=O) groups excluding carboxylic acids is 2. The highest BCUT2D eigenvalue weighted by atomic mass is 35.5. The van der Waals surface area contributed by atoms with Crippen LogP contribution in [0.3, 0.4) is 0 Å². The molecule has 8 heteroatoms. The molecule has 0 heterocycles. The van der Waals surface area contributed by atoms with Crippen LogP contribution in [0.25, 0.3) is 0 Å². The smallest absolute Gasteiger partial charge is 0.242 e. The van der Waals surface area contributed by atoms with E-state index in [0.29, 0.717) is 34.4 Å². The molecule has 0 spiro atoms. The molecule has 2 rings (SSSR count). The number of hydrogen-bond acceptors (Lipinski definition) is 4. The largest absolute Gasteiger partial charge is 0.497 e. The van der Waals surface area contributed by atoms with Gasteiger partial charge < -0.3 is 19.7 Å². The molecule has 0 fully saturated rings. The Bertz CT molecular complexity index is 838. The molecule has 1 N–H and O–H groups in total. The minimum absolute atomic E-state index is 0.144. The van der Waals surface area contributed by atoms with Gasteiger partial charge in [0.05, 0.1) is 13.7 Å². The van der Waals surface area contributed by atoms with Gasteiger partial charge >= 0.3 is 0 Å². The summed E-state index contributed by atoms with van der Waals surface area (Å²) in [7, 11) is 3.13.